The molecule has 0 aromatic heterocycles. The van der Waals surface area contributed by atoms with E-state index in [0.717, 1.165) is 18.2 Å². The summed E-state index contributed by atoms with van der Waals surface area (Å²) in [5.74, 6) is -0.0862. The number of carbonyl (C=O) groups is 1. The van der Waals surface area contributed by atoms with Crippen LogP contribution >= 0.6 is 15.9 Å². The van der Waals surface area contributed by atoms with Gasteiger partial charge in [0.25, 0.3) is 0 Å². The highest BCUT2D eigenvalue weighted by Gasteiger charge is 2.45. The van der Waals surface area contributed by atoms with Gasteiger partial charge in [-0.25, -0.2) is 0 Å². The molecule has 1 fully saturated rings. The van der Waals surface area contributed by atoms with Crippen molar-refractivity contribution in [1.29, 1.82) is 0 Å². The van der Waals surface area contributed by atoms with Crippen LogP contribution < -0.4 is 0 Å². The number of halogens is 1. The molecule has 0 N–H and O–H groups in total. The molecule has 3 heteroatoms. The van der Waals surface area contributed by atoms with E-state index in [-0.39, 0.29) is 11.6 Å². The van der Waals surface area contributed by atoms with E-state index >= 15 is 0 Å². The Morgan fingerprint density at radius 2 is 2.30 bits per heavy atom. The minimum Gasteiger partial charge on any atom is -0.458 e. The highest BCUT2D eigenvalue weighted by atomic mass is 79.9. The topological polar surface area (TPSA) is 26.3 Å². The number of esters is 1. The van der Waals surface area contributed by atoms with Crippen LogP contribution in [0.4, 0.5) is 0 Å². The van der Waals surface area contributed by atoms with E-state index in [4.69, 9.17) is 4.74 Å². The van der Waals surface area contributed by atoms with Crippen LogP contribution in [0, 0.1) is 0 Å². The standard InChI is InChI=1S/C7H11BrO2/c1-2-6(9)10-7(5-8)3-4-7/h2-5H2,1H3. The van der Waals surface area contributed by atoms with Crippen LogP contribution in [0.2, 0.25) is 0 Å². The maximum absolute atomic E-state index is 10.8. The Hall–Kier alpha value is -0.0500. The van der Waals surface area contributed by atoms with Gasteiger partial charge in [0.2, 0.25) is 0 Å². The van der Waals surface area contributed by atoms with Gasteiger partial charge >= 0.3 is 5.97 Å². The van der Waals surface area contributed by atoms with Crippen molar-refractivity contribution >= 4 is 21.9 Å². The number of carbonyl (C=O) groups excluding carboxylic acids is 1. The van der Waals surface area contributed by atoms with Gasteiger partial charge < -0.3 is 4.74 Å². The molecule has 0 spiro atoms. The fourth-order valence-corrected chi connectivity index (χ4v) is 1.39. The van der Waals surface area contributed by atoms with Crippen molar-refractivity contribution in [1.82, 2.24) is 0 Å². The van der Waals surface area contributed by atoms with Crippen LogP contribution in [0.5, 0.6) is 0 Å². The Balaban J connectivity index is 2.30. The summed E-state index contributed by atoms with van der Waals surface area (Å²) in [6.45, 7) is 1.81. The van der Waals surface area contributed by atoms with Crippen molar-refractivity contribution in [3.8, 4) is 0 Å². The number of rotatable bonds is 3. The summed E-state index contributed by atoms with van der Waals surface area (Å²) in [7, 11) is 0. The molecule has 2 nitrogen and oxygen atoms in total. The van der Waals surface area contributed by atoms with Crippen molar-refractivity contribution in [2.75, 3.05) is 5.33 Å². The highest BCUT2D eigenvalue weighted by Crippen LogP contribution is 2.41. The van der Waals surface area contributed by atoms with Crippen LogP contribution in [0.3, 0.4) is 0 Å². The predicted molar refractivity (Wildman–Crippen MR) is 42.1 cm³/mol. The Bertz CT molecular complexity index is 141. The molecule has 1 rings (SSSR count). The average Bonchev–Trinajstić information content (AvgIpc) is 2.70. The molecular formula is C7H11BrO2. The summed E-state index contributed by atoms with van der Waals surface area (Å²) in [5, 5.41) is 0.783. The molecule has 0 aliphatic heterocycles. The van der Waals surface area contributed by atoms with Gasteiger partial charge in [0.15, 0.2) is 0 Å². The fourth-order valence-electron chi connectivity index (χ4n) is 0.716. The molecule has 1 saturated carbocycles. The van der Waals surface area contributed by atoms with E-state index in [2.05, 4.69) is 15.9 Å². The molecule has 0 unspecified atom stereocenters. The van der Waals surface area contributed by atoms with E-state index in [1.807, 2.05) is 6.92 Å². The zero-order chi connectivity index (χ0) is 7.61. The molecule has 0 aromatic rings. The Labute approximate surface area is 69.1 Å². The monoisotopic (exact) mass is 206 g/mol. The minimum absolute atomic E-state index is 0.0862. The third-order valence-corrected chi connectivity index (χ3v) is 2.69. The lowest BCUT2D eigenvalue weighted by Crippen LogP contribution is -2.20. The van der Waals surface area contributed by atoms with Crippen molar-refractivity contribution in [3.63, 3.8) is 0 Å². The molecule has 0 bridgehead atoms. The lowest BCUT2D eigenvalue weighted by Gasteiger charge is -2.11. The molecule has 0 heterocycles. The van der Waals surface area contributed by atoms with Gasteiger partial charge in [0, 0.05) is 11.8 Å². The molecule has 0 saturated heterocycles. The second-order valence-corrected chi connectivity index (χ2v) is 3.21. The van der Waals surface area contributed by atoms with Gasteiger partial charge in [-0.3, -0.25) is 4.79 Å². The lowest BCUT2D eigenvalue weighted by molar-refractivity contribution is -0.149. The molecule has 0 amide bonds. The molecular weight excluding hydrogens is 196 g/mol. The van der Waals surface area contributed by atoms with Crippen molar-refractivity contribution < 1.29 is 9.53 Å². The molecule has 1 aliphatic carbocycles. The molecule has 10 heavy (non-hydrogen) atoms. The minimum atomic E-state index is -0.118. The molecule has 58 valence electrons. The summed E-state index contributed by atoms with van der Waals surface area (Å²) in [4.78, 5) is 10.8. The number of alkyl halides is 1. The van der Waals surface area contributed by atoms with Crippen LogP contribution in [-0.2, 0) is 9.53 Å². The van der Waals surface area contributed by atoms with E-state index in [1.54, 1.807) is 0 Å². The smallest absolute Gasteiger partial charge is 0.306 e. The Kier molecular flexibility index (Phi) is 2.34. The van der Waals surface area contributed by atoms with E-state index in [0.29, 0.717) is 6.42 Å². The summed E-state index contributed by atoms with van der Waals surface area (Å²) in [6, 6.07) is 0. The summed E-state index contributed by atoms with van der Waals surface area (Å²) in [6.07, 6.45) is 2.52. The normalized spacial score (nSPS) is 20.2. The summed E-state index contributed by atoms with van der Waals surface area (Å²) >= 11 is 3.31. The van der Waals surface area contributed by atoms with Crippen molar-refractivity contribution in [3.05, 3.63) is 0 Å². The van der Waals surface area contributed by atoms with Crippen LogP contribution in [-0.4, -0.2) is 16.9 Å². The summed E-state index contributed by atoms with van der Waals surface area (Å²) < 4.78 is 5.16. The zero-order valence-corrected chi connectivity index (χ0v) is 7.61. The first kappa shape index (κ1) is 8.05. The van der Waals surface area contributed by atoms with Gasteiger partial charge in [0.1, 0.15) is 5.60 Å². The van der Waals surface area contributed by atoms with Gasteiger partial charge in [-0.1, -0.05) is 22.9 Å². The third kappa shape index (κ3) is 1.72. The van der Waals surface area contributed by atoms with Crippen LogP contribution in [0.1, 0.15) is 26.2 Å². The van der Waals surface area contributed by atoms with Crippen molar-refractivity contribution in [2.45, 2.75) is 31.8 Å². The first-order valence-electron chi connectivity index (χ1n) is 3.50. The first-order chi connectivity index (χ1) is 4.72. The van der Waals surface area contributed by atoms with Gasteiger partial charge in [-0.2, -0.15) is 0 Å². The second kappa shape index (κ2) is 2.91. The molecule has 1 aliphatic rings. The zero-order valence-electron chi connectivity index (χ0n) is 6.02. The van der Waals surface area contributed by atoms with E-state index < -0.39 is 0 Å². The van der Waals surface area contributed by atoms with E-state index in [9.17, 15) is 4.79 Å². The first-order valence-corrected chi connectivity index (χ1v) is 4.62. The number of hydrogen-bond acceptors (Lipinski definition) is 2. The molecule has 0 atom stereocenters. The molecule has 0 radical (unpaired) electrons. The number of hydrogen-bond donors (Lipinski definition) is 0. The Morgan fingerprint density at radius 3 is 2.60 bits per heavy atom. The van der Waals surface area contributed by atoms with Gasteiger partial charge in [0.05, 0.1) is 0 Å². The maximum Gasteiger partial charge on any atom is 0.306 e. The van der Waals surface area contributed by atoms with Crippen LogP contribution in [0.15, 0.2) is 0 Å². The third-order valence-electron chi connectivity index (χ3n) is 1.67. The SMILES string of the molecule is CCC(=O)OC1(CBr)CC1. The Morgan fingerprint density at radius 1 is 1.70 bits per heavy atom. The number of ether oxygens (including phenoxy) is 1. The lowest BCUT2D eigenvalue weighted by atomic mass is 10.4. The van der Waals surface area contributed by atoms with Gasteiger partial charge in [-0.05, 0) is 12.8 Å². The highest BCUT2D eigenvalue weighted by molar-refractivity contribution is 9.09. The average molecular weight is 207 g/mol. The molecule has 0 aromatic carbocycles. The predicted octanol–water partition coefficient (Wildman–Crippen LogP) is 1.87. The van der Waals surface area contributed by atoms with E-state index in [1.165, 1.54) is 0 Å². The van der Waals surface area contributed by atoms with Crippen LogP contribution in [0.25, 0.3) is 0 Å². The second-order valence-electron chi connectivity index (χ2n) is 2.64. The maximum atomic E-state index is 10.8. The van der Waals surface area contributed by atoms with Gasteiger partial charge in [-0.15, -0.1) is 0 Å². The largest absolute Gasteiger partial charge is 0.458 e. The fraction of sp³-hybridized carbons (Fsp3) is 0.857. The van der Waals surface area contributed by atoms with Crippen molar-refractivity contribution in [2.24, 2.45) is 0 Å². The summed E-state index contributed by atoms with van der Waals surface area (Å²) in [5.41, 5.74) is -0.118. The quantitative estimate of drug-likeness (QED) is 0.521.